The number of ether oxygens (including phenoxy) is 1. The molecule has 0 saturated heterocycles. The summed E-state index contributed by atoms with van der Waals surface area (Å²) in [5.74, 6) is -0.0962. The standard InChI is InChI=1S/C9H12FNO/c1-6-3-7(5-11)9(10)8(4-6)12-2/h3-4H,5,11H2,1-2H3. The zero-order valence-electron chi connectivity index (χ0n) is 7.23. The molecule has 0 radical (unpaired) electrons. The Bertz CT molecular complexity index is 261. The highest BCUT2D eigenvalue weighted by atomic mass is 19.1. The van der Waals surface area contributed by atoms with Gasteiger partial charge in [-0.2, -0.15) is 0 Å². The molecule has 66 valence electrons. The Morgan fingerprint density at radius 3 is 2.67 bits per heavy atom. The Balaban J connectivity index is 3.22. The topological polar surface area (TPSA) is 35.2 Å². The third-order valence-electron chi connectivity index (χ3n) is 1.70. The monoisotopic (exact) mass is 169 g/mol. The van der Waals surface area contributed by atoms with Crippen LogP contribution in [0.3, 0.4) is 0 Å². The van der Waals surface area contributed by atoms with Gasteiger partial charge in [0.25, 0.3) is 0 Å². The van der Waals surface area contributed by atoms with Crippen molar-refractivity contribution in [3.8, 4) is 5.75 Å². The minimum absolute atomic E-state index is 0.198. The van der Waals surface area contributed by atoms with Gasteiger partial charge in [0.15, 0.2) is 11.6 Å². The van der Waals surface area contributed by atoms with E-state index in [1.54, 1.807) is 12.1 Å². The van der Waals surface area contributed by atoms with Crippen LogP contribution in [0.4, 0.5) is 4.39 Å². The molecular formula is C9H12FNO. The molecule has 1 rings (SSSR count). The maximum atomic E-state index is 13.2. The Morgan fingerprint density at radius 1 is 1.50 bits per heavy atom. The van der Waals surface area contributed by atoms with Crippen LogP contribution in [0, 0.1) is 12.7 Å². The Kier molecular flexibility index (Phi) is 2.65. The largest absolute Gasteiger partial charge is 0.494 e. The molecule has 0 amide bonds. The SMILES string of the molecule is COc1cc(C)cc(CN)c1F. The molecule has 2 nitrogen and oxygen atoms in total. The summed E-state index contributed by atoms with van der Waals surface area (Å²) in [5, 5.41) is 0. The van der Waals surface area contributed by atoms with Gasteiger partial charge >= 0.3 is 0 Å². The van der Waals surface area contributed by atoms with Crippen molar-refractivity contribution in [3.05, 3.63) is 29.1 Å². The summed E-state index contributed by atoms with van der Waals surface area (Å²) in [6.45, 7) is 2.07. The minimum Gasteiger partial charge on any atom is -0.494 e. The fourth-order valence-corrected chi connectivity index (χ4v) is 1.11. The number of hydrogen-bond acceptors (Lipinski definition) is 2. The first-order valence-electron chi connectivity index (χ1n) is 3.72. The lowest BCUT2D eigenvalue weighted by Gasteiger charge is -2.06. The molecule has 0 aliphatic rings. The third kappa shape index (κ3) is 1.56. The van der Waals surface area contributed by atoms with Gasteiger partial charge in [-0.1, -0.05) is 6.07 Å². The zero-order chi connectivity index (χ0) is 9.14. The van der Waals surface area contributed by atoms with Crippen LogP contribution in [0.5, 0.6) is 5.75 Å². The zero-order valence-corrected chi connectivity index (χ0v) is 7.23. The van der Waals surface area contributed by atoms with Gasteiger partial charge < -0.3 is 10.5 Å². The van der Waals surface area contributed by atoms with Crippen molar-refractivity contribution < 1.29 is 9.13 Å². The highest BCUT2D eigenvalue weighted by Gasteiger charge is 2.07. The molecule has 0 aromatic heterocycles. The Morgan fingerprint density at radius 2 is 2.17 bits per heavy atom. The van der Waals surface area contributed by atoms with Crippen LogP contribution in [0.2, 0.25) is 0 Å². The molecule has 0 bridgehead atoms. The molecule has 0 atom stereocenters. The van der Waals surface area contributed by atoms with E-state index in [0.717, 1.165) is 5.56 Å². The summed E-state index contributed by atoms with van der Waals surface area (Å²) in [7, 11) is 1.44. The lowest BCUT2D eigenvalue weighted by molar-refractivity contribution is 0.384. The fraction of sp³-hybridized carbons (Fsp3) is 0.333. The second-order valence-electron chi connectivity index (χ2n) is 2.64. The predicted molar refractivity (Wildman–Crippen MR) is 45.6 cm³/mol. The number of hydrogen-bond donors (Lipinski definition) is 1. The Labute approximate surface area is 71.1 Å². The van der Waals surface area contributed by atoms with E-state index in [1.165, 1.54) is 7.11 Å². The second kappa shape index (κ2) is 3.54. The molecule has 1 aromatic rings. The molecule has 2 N–H and O–H groups in total. The van der Waals surface area contributed by atoms with Gasteiger partial charge in [0.05, 0.1) is 7.11 Å². The molecule has 0 aliphatic heterocycles. The average Bonchev–Trinajstić information content (AvgIpc) is 2.08. The quantitative estimate of drug-likeness (QED) is 0.729. The summed E-state index contributed by atoms with van der Waals surface area (Å²) in [6, 6.07) is 3.37. The second-order valence-corrected chi connectivity index (χ2v) is 2.64. The van der Waals surface area contributed by atoms with Crippen LogP contribution >= 0.6 is 0 Å². The van der Waals surface area contributed by atoms with Crippen LogP contribution in [-0.4, -0.2) is 7.11 Å². The molecule has 12 heavy (non-hydrogen) atoms. The molecule has 0 unspecified atom stereocenters. The van der Waals surface area contributed by atoms with E-state index in [4.69, 9.17) is 10.5 Å². The smallest absolute Gasteiger partial charge is 0.169 e. The van der Waals surface area contributed by atoms with Crippen LogP contribution in [0.25, 0.3) is 0 Å². The van der Waals surface area contributed by atoms with Gasteiger partial charge in [-0.15, -0.1) is 0 Å². The van der Waals surface area contributed by atoms with Crippen LogP contribution in [0.15, 0.2) is 12.1 Å². The fourth-order valence-electron chi connectivity index (χ4n) is 1.11. The highest BCUT2D eigenvalue weighted by molar-refractivity contribution is 5.35. The highest BCUT2D eigenvalue weighted by Crippen LogP contribution is 2.21. The first kappa shape index (κ1) is 9.00. The van der Waals surface area contributed by atoms with Gasteiger partial charge in [-0.05, 0) is 18.6 Å². The number of benzene rings is 1. The van der Waals surface area contributed by atoms with Crippen LogP contribution in [0.1, 0.15) is 11.1 Å². The van der Waals surface area contributed by atoms with Crippen molar-refractivity contribution in [1.29, 1.82) is 0 Å². The summed E-state index contributed by atoms with van der Waals surface area (Å²) >= 11 is 0. The maximum Gasteiger partial charge on any atom is 0.169 e. The van der Waals surface area contributed by atoms with Crippen molar-refractivity contribution >= 4 is 0 Å². The number of halogens is 1. The molecular weight excluding hydrogens is 157 g/mol. The molecule has 0 spiro atoms. The van der Waals surface area contributed by atoms with E-state index in [9.17, 15) is 4.39 Å². The van der Waals surface area contributed by atoms with E-state index in [0.29, 0.717) is 5.56 Å². The van der Waals surface area contributed by atoms with E-state index >= 15 is 0 Å². The lowest BCUT2D eigenvalue weighted by atomic mass is 10.1. The minimum atomic E-state index is -0.356. The lowest BCUT2D eigenvalue weighted by Crippen LogP contribution is -2.02. The first-order valence-corrected chi connectivity index (χ1v) is 3.72. The van der Waals surface area contributed by atoms with E-state index < -0.39 is 0 Å². The average molecular weight is 169 g/mol. The molecule has 1 aromatic carbocycles. The van der Waals surface area contributed by atoms with Gasteiger partial charge in [0.2, 0.25) is 0 Å². The molecule has 0 saturated carbocycles. The van der Waals surface area contributed by atoms with Crippen LogP contribution in [-0.2, 0) is 6.54 Å². The summed E-state index contributed by atoms with van der Waals surface area (Å²) in [4.78, 5) is 0. The van der Waals surface area contributed by atoms with Crippen molar-refractivity contribution in [2.75, 3.05) is 7.11 Å². The van der Waals surface area contributed by atoms with Crippen molar-refractivity contribution in [2.24, 2.45) is 5.73 Å². The number of methoxy groups -OCH3 is 1. The third-order valence-corrected chi connectivity index (χ3v) is 1.70. The van der Waals surface area contributed by atoms with Crippen molar-refractivity contribution in [2.45, 2.75) is 13.5 Å². The van der Waals surface area contributed by atoms with Crippen molar-refractivity contribution in [3.63, 3.8) is 0 Å². The van der Waals surface area contributed by atoms with E-state index in [-0.39, 0.29) is 18.1 Å². The molecule has 0 heterocycles. The number of rotatable bonds is 2. The van der Waals surface area contributed by atoms with Gasteiger partial charge in [0.1, 0.15) is 0 Å². The maximum absolute atomic E-state index is 13.2. The van der Waals surface area contributed by atoms with Gasteiger partial charge in [-0.3, -0.25) is 0 Å². The number of aryl methyl sites for hydroxylation is 1. The molecule has 0 aliphatic carbocycles. The predicted octanol–water partition coefficient (Wildman–Crippen LogP) is 1.60. The summed E-state index contributed by atoms with van der Waals surface area (Å²) < 4.78 is 18.1. The van der Waals surface area contributed by atoms with Gasteiger partial charge in [0, 0.05) is 12.1 Å². The number of nitrogens with two attached hydrogens (primary N) is 1. The first-order chi connectivity index (χ1) is 5.69. The normalized spacial score (nSPS) is 10.0. The van der Waals surface area contributed by atoms with E-state index in [1.807, 2.05) is 6.92 Å². The van der Waals surface area contributed by atoms with Crippen LogP contribution < -0.4 is 10.5 Å². The van der Waals surface area contributed by atoms with E-state index in [2.05, 4.69) is 0 Å². The molecule has 3 heteroatoms. The summed E-state index contributed by atoms with van der Waals surface area (Å²) in [5.41, 5.74) is 6.79. The Hall–Kier alpha value is -1.09. The molecule has 0 fully saturated rings. The summed E-state index contributed by atoms with van der Waals surface area (Å²) in [6.07, 6.45) is 0. The van der Waals surface area contributed by atoms with Gasteiger partial charge in [-0.25, -0.2) is 4.39 Å². The van der Waals surface area contributed by atoms with Crippen molar-refractivity contribution in [1.82, 2.24) is 0 Å².